The van der Waals surface area contributed by atoms with Crippen molar-refractivity contribution in [3.05, 3.63) is 24.3 Å². The van der Waals surface area contributed by atoms with Crippen LogP contribution in [0.5, 0.6) is 0 Å². The van der Waals surface area contributed by atoms with E-state index in [0.717, 1.165) is 43.2 Å². The SMILES string of the molecule is O=C(C1NNC2CCCC21)N1CCN(c2nc3ccccc3s2)CC1. The molecular weight excluding hydrogens is 334 g/mol. The van der Waals surface area contributed by atoms with Gasteiger partial charge in [-0.1, -0.05) is 29.9 Å². The Labute approximate surface area is 151 Å². The molecule has 3 atom stereocenters. The molecule has 3 aliphatic rings. The van der Waals surface area contributed by atoms with Crippen LogP contribution >= 0.6 is 11.3 Å². The molecule has 3 fully saturated rings. The zero-order chi connectivity index (χ0) is 16.8. The van der Waals surface area contributed by atoms with Crippen molar-refractivity contribution in [3.8, 4) is 0 Å². The van der Waals surface area contributed by atoms with E-state index in [9.17, 15) is 4.79 Å². The van der Waals surface area contributed by atoms with E-state index in [2.05, 4.69) is 34.0 Å². The predicted octanol–water partition coefficient (Wildman–Crippen LogP) is 1.59. The number of anilines is 1. The number of carbonyl (C=O) groups excluding carboxylic acids is 1. The lowest BCUT2D eigenvalue weighted by Crippen LogP contribution is -2.54. The lowest BCUT2D eigenvalue weighted by Gasteiger charge is -2.36. The molecule has 0 bridgehead atoms. The van der Waals surface area contributed by atoms with Gasteiger partial charge < -0.3 is 9.80 Å². The van der Waals surface area contributed by atoms with E-state index >= 15 is 0 Å². The number of nitrogens with one attached hydrogen (secondary N) is 2. The van der Waals surface area contributed by atoms with Crippen molar-refractivity contribution >= 4 is 32.6 Å². The molecule has 2 saturated heterocycles. The highest BCUT2D eigenvalue weighted by Gasteiger charge is 2.44. The summed E-state index contributed by atoms with van der Waals surface area (Å²) in [5.74, 6) is 0.737. The molecule has 1 aromatic carbocycles. The Balaban J connectivity index is 1.24. The third-order valence-electron chi connectivity index (χ3n) is 5.83. The fourth-order valence-electron chi connectivity index (χ4n) is 4.43. The number of piperazine rings is 1. The van der Waals surface area contributed by atoms with Crippen LogP contribution in [0, 0.1) is 5.92 Å². The smallest absolute Gasteiger partial charge is 0.241 e. The summed E-state index contributed by atoms with van der Waals surface area (Å²) in [6.07, 6.45) is 3.58. The Morgan fingerprint density at radius 3 is 2.80 bits per heavy atom. The van der Waals surface area contributed by atoms with Gasteiger partial charge in [0.25, 0.3) is 0 Å². The van der Waals surface area contributed by atoms with Crippen LogP contribution in [0.2, 0.25) is 0 Å². The molecule has 2 N–H and O–H groups in total. The summed E-state index contributed by atoms with van der Waals surface area (Å²) < 4.78 is 1.23. The van der Waals surface area contributed by atoms with Gasteiger partial charge in [-0.05, 0) is 25.0 Å². The molecule has 0 spiro atoms. The number of carbonyl (C=O) groups is 1. The Bertz CT molecular complexity index is 752. The van der Waals surface area contributed by atoms with Crippen molar-refractivity contribution in [2.24, 2.45) is 5.92 Å². The van der Waals surface area contributed by atoms with Crippen molar-refractivity contribution in [3.63, 3.8) is 0 Å². The summed E-state index contributed by atoms with van der Waals surface area (Å²) >= 11 is 1.74. The number of hydrogen-bond acceptors (Lipinski definition) is 6. The largest absolute Gasteiger partial charge is 0.345 e. The molecule has 3 unspecified atom stereocenters. The monoisotopic (exact) mass is 357 g/mol. The van der Waals surface area contributed by atoms with Crippen LogP contribution in [-0.4, -0.2) is 54.1 Å². The third kappa shape index (κ3) is 2.70. The van der Waals surface area contributed by atoms with Crippen LogP contribution in [-0.2, 0) is 4.79 Å². The number of hydrazine groups is 1. The predicted molar refractivity (Wildman–Crippen MR) is 99.6 cm³/mol. The zero-order valence-corrected chi connectivity index (χ0v) is 15.0. The average molecular weight is 357 g/mol. The number of thiazole rings is 1. The fraction of sp³-hybridized carbons (Fsp3) is 0.556. The van der Waals surface area contributed by atoms with E-state index < -0.39 is 0 Å². The van der Waals surface area contributed by atoms with Gasteiger partial charge in [0.1, 0.15) is 6.04 Å². The van der Waals surface area contributed by atoms with Gasteiger partial charge in [-0.25, -0.2) is 10.4 Å². The van der Waals surface area contributed by atoms with Crippen molar-refractivity contribution in [2.45, 2.75) is 31.3 Å². The lowest BCUT2D eigenvalue weighted by molar-refractivity contribution is -0.134. The van der Waals surface area contributed by atoms with Gasteiger partial charge in [0.2, 0.25) is 5.91 Å². The first-order chi connectivity index (χ1) is 12.3. The second-order valence-corrected chi connectivity index (χ2v) is 8.25. The van der Waals surface area contributed by atoms with Crippen LogP contribution in [0.25, 0.3) is 10.2 Å². The Morgan fingerprint density at radius 2 is 1.96 bits per heavy atom. The number of aromatic nitrogens is 1. The molecule has 7 heteroatoms. The summed E-state index contributed by atoms with van der Waals surface area (Å²) in [4.78, 5) is 22.0. The molecule has 1 aliphatic carbocycles. The third-order valence-corrected chi connectivity index (χ3v) is 6.93. The molecule has 132 valence electrons. The summed E-state index contributed by atoms with van der Waals surface area (Å²) in [6.45, 7) is 3.29. The van der Waals surface area contributed by atoms with Crippen LogP contribution in [0.4, 0.5) is 5.13 Å². The normalized spacial score (nSPS) is 29.4. The van der Waals surface area contributed by atoms with Crippen molar-refractivity contribution in [1.29, 1.82) is 0 Å². The van der Waals surface area contributed by atoms with Crippen LogP contribution in [0.3, 0.4) is 0 Å². The maximum Gasteiger partial charge on any atom is 0.241 e. The van der Waals surface area contributed by atoms with Gasteiger partial charge >= 0.3 is 0 Å². The summed E-state index contributed by atoms with van der Waals surface area (Å²) in [5.41, 5.74) is 7.64. The van der Waals surface area contributed by atoms with Crippen LogP contribution < -0.4 is 15.8 Å². The highest BCUT2D eigenvalue weighted by molar-refractivity contribution is 7.22. The number of hydrogen-bond donors (Lipinski definition) is 2. The number of rotatable bonds is 2. The standard InChI is InChI=1S/C18H23N5OS/c24-17(16-12-4-3-6-13(12)20-21-16)22-8-10-23(11-9-22)18-19-14-5-1-2-7-15(14)25-18/h1-2,5,7,12-13,16,20-21H,3-4,6,8-11H2. The minimum Gasteiger partial charge on any atom is -0.345 e. The van der Waals surface area contributed by atoms with E-state index in [1.807, 2.05) is 11.0 Å². The molecule has 2 aliphatic heterocycles. The molecule has 6 nitrogen and oxygen atoms in total. The maximum absolute atomic E-state index is 12.9. The second kappa shape index (κ2) is 6.23. The first kappa shape index (κ1) is 15.5. The van der Waals surface area contributed by atoms with Crippen molar-refractivity contribution < 1.29 is 4.79 Å². The van der Waals surface area contributed by atoms with E-state index in [4.69, 9.17) is 4.98 Å². The average Bonchev–Trinajstić information content (AvgIpc) is 3.36. The van der Waals surface area contributed by atoms with Gasteiger partial charge in [-0.3, -0.25) is 10.2 Å². The van der Waals surface area contributed by atoms with E-state index in [1.165, 1.54) is 17.5 Å². The quantitative estimate of drug-likeness (QED) is 0.855. The highest BCUT2D eigenvalue weighted by Crippen LogP contribution is 2.33. The Kier molecular flexibility index (Phi) is 3.87. The van der Waals surface area contributed by atoms with Gasteiger partial charge in [0.15, 0.2) is 5.13 Å². The maximum atomic E-state index is 12.9. The minimum atomic E-state index is -0.0403. The topological polar surface area (TPSA) is 60.5 Å². The van der Waals surface area contributed by atoms with E-state index in [0.29, 0.717) is 12.0 Å². The van der Waals surface area contributed by atoms with Crippen molar-refractivity contribution in [2.75, 3.05) is 31.1 Å². The van der Waals surface area contributed by atoms with Gasteiger partial charge in [0.05, 0.1) is 10.2 Å². The zero-order valence-electron chi connectivity index (χ0n) is 14.1. The first-order valence-electron chi connectivity index (χ1n) is 9.20. The number of nitrogens with zero attached hydrogens (tertiary/aromatic N) is 3. The van der Waals surface area contributed by atoms with Gasteiger partial charge in [-0.15, -0.1) is 0 Å². The lowest BCUT2D eigenvalue weighted by atomic mass is 9.96. The van der Waals surface area contributed by atoms with Crippen LogP contribution in [0.1, 0.15) is 19.3 Å². The molecule has 25 heavy (non-hydrogen) atoms. The molecule has 5 rings (SSSR count). The molecule has 0 radical (unpaired) electrons. The number of para-hydroxylation sites is 1. The molecule has 2 aromatic rings. The molecular formula is C18H23N5OS. The van der Waals surface area contributed by atoms with E-state index in [-0.39, 0.29) is 11.9 Å². The molecule has 1 amide bonds. The van der Waals surface area contributed by atoms with Crippen molar-refractivity contribution in [1.82, 2.24) is 20.7 Å². The molecule has 3 heterocycles. The number of amides is 1. The Morgan fingerprint density at radius 1 is 1.12 bits per heavy atom. The Hall–Kier alpha value is -1.70. The number of fused-ring (bicyclic) bond motifs is 2. The highest BCUT2D eigenvalue weighted by atomic mass is 32.1. The van der Waals surface area contributed by atoms with E-state index in [1.54, 1.807) is 11.3 Å². The number of benzene rings is 1. The summed E-state index contributed by atoms with van der Waals surface area (Å²) in [5, 5.41) is 1.07. The summed E-state index contributed by atoms with van der Waals surface area (Å²) in [7, 11) is 0. The summed E-state index contributed by atoms with van der Waals surface area (Å²) in [6, 6.07) is 8.71. The first-order valence-corrected chi connectivity index (χ1v) is 10.0. The fourth-order valence-corrected chi connectivity index (χ4v) is 5.44. The molecule has 1 aromatic heterocycles. The second-order valence-electron chi connectivity index (χ2n) is 7.24. The van der Waals surface area contributed by atoms with Gasteiger partial charge in [0, 0.05) is 38.1 Å². The molecule has 1 saturated carbocycles. The van der Waals surface area contributed by atoms with Gasteiger partial charge in [-0.2, -0.15) is 0 Å². The van der Waals surface area contributed by atoms with Crippen LogP contribution in [0.15, 0.2) is 24.3 Å². The minimum absolute atomic E-state index is 0.0403.